The Morgan fingerprint density at radius 1 is 1.21 bits per heavy atom. The number of hydrogen-bond acceptors (Lipinski definition) is 5. The molecule has 0 spiro atoms. The average Bonchev–Trinajstić information content (AvgIpc) is 2.87. The zero-order chi connectivity index (χ0) is 14.0. The van der Waals surface area contributed by atoms with Crippen LogP contribution in [-0.2, 0) is 16.6 Å². The monoisotopic (exact) mass is 289 g/mol. The van der Waals surface area contributed by atoms with Crippen molar-refractivity contribution in [2.45, 2.75) is 32.7 Å². The predicted molar refractivity (Wildman–Crippen MR) is 74.2 cm³/mol. The van der Waals surface area contributed by atoms with Crippen LogP contribution in [0.1, 0.15) is 26.2 Å². The number of sulfonamides is 1. The van der Waals surface area contributed by atoms with Crippen molar-refractivity contribution in [3.8, 4) is 0 Å². The molecule has 1 rings (SSSR count). The fraction of sp³-hybridized carbons (Fsp3) is 0.818. The first kappa shape index (κ1) is 16.1. The third-order valence-corrected chi connectivity index (χ3v) is 4.02. The van der Waals surface area contributed by atoms with Crippen LogP contribution < -0.4 is 10.0 Å². The van der Waals surface area contributed by atoms with Crippen molar-refractivity contribution in [1.82, 2.24) is 25.0 Å². The molecule has 0 saturated carbocycles. The molecule has 1 heterocycles. The van der Waals surface area contributed by atoms with E-state index in [4.69, 9.17) is 0 Å². The van der Waals surface area contributed by atoms with Gasteiger partial charge >= 0.3 is 0 Å². The number of rotatable bonds is 11. The lowest BCUT2D eigenvalue weighted by atomic mass is 10.4. The molecule has 0 fully saturated rings. The van der Waals surface area contributed by atoms with Gasteiger partial charge < -0.3 is 5.32 Å². The molecule has 0 aromatic carbocycles. The molecule has 0 unspecified atom stereocenters. The van der Waals surface area contributed by atoms with E-state index in [0.29, 0.717) is 25.9 Å². The average molecular weight is 289 g/mol. The molecule has 110 valence electrons. The fourth-order valence-electron chi connectivity index (χ4n) is 1.58. The molecule has 1 aromatic rings. The highest BCUT2D eigenvalue weighted by atomic mass is 32.2. The second-order valence-corrected chi connectivity index (χ2v) is 6.26. The highest BCUT2D eigenvalue weighted by Crippen LogP contribution is 1.91. The fourth-order valence-corrected chi connectivity index (χ4v) is 2.71. The summed E-state index contributed by atoms with van der Waals surface area (Å²) in [6, 6.07) is 0. The van der Waals surface area contributed by atoms with E-state index in [9.17, 15) is 8.42 Å². The summed E-state index contributed by atoms with van der Waals surface area (Å²) < 4.78 is 27.6. The lowest BCUT2D eigenvalue weighted by Crippen LogP contribution is -2.29. The molecule has 0 amide bonds. The van der Waals surface area contributed by atoms with Crippen LogP contribution in [-0.4, -0.2) is 48.8 Å². The topological polar surface area (TPSA) is 88.9 Å². The van der Waals surface area contributed by atoms with E-state index in [1.807, 2.05) is 0 Å². The Kier molecular flexibility index (Phi) is 7.61. The second-order valence-electron chi connectivity index (χ2n) is 4.34. The zero-order valence-electron chi connectivity index (χ0n) is 11.4. The summed E-state index contributed by atoms with van der Waals surface area (Å²) >= 11 is 0. The molecule has 1 aromatic heterocycles. The maximum absolute atomic E-state index is 11.7. The highest BCUT2D eigenvalue weighted by molar-refractivity contribution is 7.89. The lowest BCUT2D eigenvalue weighted by molar-refractivity contribution is 0.540. The molecule has 19 heavy (non-hydrogen) atoms. The minimum Gasteiger partial charge on any atom is -0.317 e. The van der Waals surface area contributed by atoms with E-state index < -0.39 is 10.0 Å². The Morgan fingerprint density at radius 2 is 2.05 bits per heavy atom. The molecule has 0 radical (unpaired) electrons. The van der Waals surface area contributed by atoms with Gasteiger partial charge in [0, 0.05) is 19.3 Å². The SMILES string of the molecule is CCCNCCCS(=O)(=O)NCCCn1ccnn1. The third-order valence-electron chi connectivity index (χ3n) is 2.55. The summed E-state index contributed by atoms with van der Waals surface area (Å²) in [6.45, 7) is 4.87. The second kappa shape index (κ2) is 9.00. The highest BCUT2D eigenvalue weighted by Gasteiger charge is 2.08. The molecule has 7 nitrogen and oxygen atoms in total. The Balaban J connectivity index is 2.06. The summed E-state index contributed by atoms with van der Waals surface area (Å²) in [5.74, 6) is 0.174. The first-order valence-corrected chi connectivity index (χ1v) is 8.31. The van der Waals surface area contributed by atoms with Gasteiger partial charge in [0.2, 0.25) is 10.0 Å². The van der Waals surface area contributed by atoms with Crippen LogP contribution in [0.3, 0.4) is 0 Å². The summed E-state index contributed by atoms with van der Waals surface area (Å²) in [4.78, 5) is 0. The predicted octanol–water partition coefficient (Wildman–Crippen LogP) is -0.0227. The summed E-state index contributed by atoms with van der Waals surface area (Å²) in [5.41, 5.74) is 0. The van der Waals surface area contributed by atoms with Crippen LogP contribution in [0.4, 0.5) is 0 Å². The number of aryl methyl sites for hydroxylation is 1. The van der Waals surface area contributed by atoms with Crippen molar-refractivity contribution < 1.29 is 8.42 Å². The van der Waals surface area contributed by atoms with Crippen molar-refractivity contribution in [3.05, 3.63) is 12.4 Å². The van der Waals surface area contributed by atoms with Gasteiger partial charge in [-0.15, -0.1) is 5.10 Å². The first-order valence-electron chi connectivity index (χ1n) is 6.66. The molecule has 0 aliphatic carbocycles. The number of nitrogens with zero attached hydrogens (tertiary/aromatic N) is 3. The van der Waals surface area contributed by atoms with Gasteiger partial charge in [0.15, 0.2) is 0 Å². The van der Waals surface area contributed by atoms with E-state index in [1.165, 1.54) is 0 Å². The standard InChI is InChI=1S/C11H23N5O2S/c1-2-5-12-6-4-11-19(17,18)14-7-3-9-16-10-8-13-15-16/h8,10,12,14H,2-7,9,11H2,1H3. The van der Waals surface area contributed by atoms with Gasteiger partial charge in [-0.05, 0) is 32.4 Å². The molecular formula is C11H23N5O2S. The van der Waals surface area contributed by atoms with Crippen molar-refractivity contribution in [3.63, 3.8) is 0 Å². The summed E-state index contributed by atoms with van der Waals surface area (Å²) in [6.07, 6.45) is 5.77. The summed E-state index contributed by atoms with van der Waals surface area (Å²) in [7, 11) is -3.15. The lowest BCUT2D eigenvalue weighted by Gasteiger charge is -2.07. The minimum atomic E-state index is -3.15. The normalized spacial score (nSPS) is 11.8. The Bertz CT molecular complexity index is 418. The molecule has 0 saturated heterocycles. The summed E-state index contributed by atoms with van der Waals surface area (Å²) in [5, 5.41) is 10.7. The van der Waals surface area contributed by atoms with E-state index in [-0.39, 0.29) is 5.75 Å². The molecule has 0 bridgehead atoms. The Labute approximate surface area is 114 Å². The number of aromatic nitrogens is 3. The van der Waals surface area contributed by atoms with Crippen molar-refractivity contribution in [2.75, 3.05) is 25.4 Å². The van der Waals surface area contributed by atoms with Crippen molar-refractivity contribution in [2.24, 2.45) is 0 Å². The van der Waals surface area contributed by atoms with E-state index in [2.05, 4.69) is 27.3 Å². The van der Waals surface area contributed by atoms with Crippen LogP contribution >= 0.6 is 0 Å². The van der Waals surface area contributed by atoms with E-state index in [1.54, 1.807) is 17.1 Å². The quantitative estimate of drug-likeness (QED) is 0.559. The van der Waals surface area contributed by atoms with Crippen molar-refractivity contribution in [1.29, 1.82) is 0 Å². The Morgan fingerprint density at radius 3 is 2.74 bits per heavy atom. The van der Waals surface area contributed by atoms with Crippen LogP contribution in [0.5, 0.6) is 0 Å². The van der Waals surface area contributed by atoms with Crippen LogP contribution in [0, 0.1) is 0 Å². The number of hydrogen-bond donors (Lipinski definition) is 2. The smallest absolute Gasteiger partial charge is 0.211 e. The van der Waals surface area contributed by atoms with Crippen LogP contribution in [0.15, 0.2) is 12.4 Å². The first-order chi connectivity index (χ1) is 9.14. The van der Waals surface area contributed by atoms with Gasteiger partial charge in [0.1, 0.15) is 0 Å². The zero-order valence-corrected chi connectivity index (χ0v) is 12.2. The van der Waals surface area contributed by atoms with Crippen LogP contribution in [0.2, 0.25) is 0 Å². The Hall–Kier alpha value is -0.990. The van der Waals surface area contributed by atoms with Crippen LogP contribution in [0.25, 0.3) is 0 Å². The van der Waals surface area contributed by atoms with Gasteiger partial charge in [-0.1, -0.05) is 12.1 Å². The van der Waals surface area contributed by atoms with Gasteiger partial charge in [0.05, 0.1) is 11.9 Å². The van der Waals surface area contributed by atoms with E-state index in [0.717, 1.165) is 19.5 Å². The third kappa shape index (κ3) is 7.91. The molecule has 0 aliphatic heterocycles. The van der Waals surface area contributed by atoms with Crippen molar-refractivity contribution >= 4 is 10.0 Å². The maximum Gasteiger partial charge on any atom is 0.211 e. The molecule has 0 atom stereocenters. The maximum atomic E-state index is 11.7. The van der Waals surface area contributed by atoms with Gasteiger partial charge in [-0.25, -0.2) is 13.1 Å². The van der Waals surface area contributed by atoms with Gasteiger partial charge in [0.25, 0.3) is 0 Å². The van der Waals surface area contributed by atoms with Gasteiger partial charge in [-0.3, -0.25) is 4.68 Å². The molecular weight excluding hydrogens is 266 g/mol. The number of nitrogens with one attached hydrogen (secondary N) is 2. The van der Waals surface area contributed by atoms with E-state index >= 15 is 0 Å². The minimum absolute atomic E-state index is 0.174. The van der Waals surface area contributed by atoms with Gasteiger partial charge in [-0.2, -0.15) is 0 Å². The molecule has 8 heteroatoms. The molecule has 0 aliphatic rings. The largest absolute Gasteiger partial charge is 0.317 e. The molecule has 2 N–H and O–H groups in total.